The number of nitrogens with zero attached hydrogens (tertiary/aromatic N) is 2. The summed E-state index contributed by atoms with van der Waals surface area (Å²) in [5.74, 6) is 1.70. The molecule has 2 rings (SSSR count). The van der Waals surface area contributed by atoms with Crippen molar-refractivity contribution in [2.45, 2.75) is 41.2 Å². The van der Waals surface area contributed by atoms with Crippen LogP contribution in [0, 0.1) is 27.7 Å². The molecule has 0 aliphatic carbocycles. The molecule has 5 nitrogen and oxygen atoms in total. The van der Waals surface area contributed by atoms with Gasteiger partial charge < -0.3 is 15.4 Å². The van der Waals surface area contributed by atoms with E-state index in [4.69, 9.17) is 4.74 Å². The van der Waals surface area contributed by atoms with Gasteiger partial charge in [0.15, 0.2) is 5.96 Å². The minimum atomic E-state index is 0.586. The molecule has 0 aliphatic rings. The second-order valence-electron chi connectivity index (χ2n) is 6.04. The summed E-state index contributed by atoms with van der Waals surface area (Å²) >= 11 is 1.70. The normalized spacial score (nSPS) is 11.5. The molecule has 0 radical (unpaired) electrons. The maximum absolute atomic E-state index is 5.82. The molecule has 1 heterocycles. The van der Waals surface area contributed by atoms with Crippen molar-refractivity contribution in [2.24, 2.45) is 4.99 Å². The third kappa shape index (κ3) is 6.38. The van der Waals surface area contributed by atoms with Gasteiger partial charge in [0.2, 0.25) is 0 Å². The lowest BCUT2D eigenvalue weighted by Crippen LogP contribution is -2.39. The second kappa shape index (κ2) is 9.42. The zero-order valence-electron chi connectivity index (χ0n) is 15.8. The maximum atomic E-state index is 5.82. The molecule has 0 bridgehead atoms. The highest BCUT2D eigenvalue weighted by Gasteiger charge is 2.04. The Morgan fingerprint density at radius 3 is 2.44 bits per heavy atom. The SMILES string of the molecule is CCNC(=NCc1nc(C)c(C)s1)NCCOc1cc(C)cc(C)c1. The Kier molecular flexibility index (Phi) is 7.25. The van der Waals surface area contributed by atoms with Crippen LogP contribution in [0.5, 0.6) is 5.75 Å². The monoisotopic (exact) mass is 360 g/mol. The Morgan fingerprint density at radius 2 is 1.84 bits per heavy atom. The minimum absolute atomic E-state index is 0.586. The number of aromatic nitrogens is 1. The van der Waals surface area contributed by atoms with E-state index in [0.29, 0.717) is 19.7 Å². The van der Waals surface area contributed by atoms with Crippen LogP contribution < -0.4 is 15.4 Å². The van der Waals surface area contributed by atoms with E-state index < -0.39 is 0 Å². The quantitative estimate of drug-likeness (QED) is 0.451. The number of hydrogen-bond acceptors (Lipinski definition) is 4. The fourth-order valence-electron chi connectivity index (χ4n) is 2.45. The van der Waals surface area contributed by atoms with Crippen LogP contribution in [0.2, 0.25) is 0 Å². The predicted octanol–water partition coefficient (Wildman–Crippen LogP) is 3.51. The number of thiazole rings is 1. The van der Waals surface area contributed by atoms with E-state index in [0.717, 1.165) is 29.0 Å². The van der Waals surface area contributed by atoms with Crippen molar-refractivity contribution in [3.05, 3.63) is 44.9 Å². The fourth-order valence-corrected chi connectivity index (χ4v) is 3.31. The van der Waals surface area contributed by atoms with Crippen LogP contribution in [0.1, 0.15) is 33.6 Å². The van der Waals surface area contributed by atoms with Crippen LogP contribution >= 0.6 is 11.3 Å². The molecule has 2 aromatic rings. The van der Waals surface area contributed by atoms with Gasteiger partial charge in [0.05, 0.1) is 18.8 Å². The molecule has 0 atom stereocenters. The number of ether oxygens (including phenoxy) is 1. The number of hydrogen-bond donors (Lipinski definition) is 2. The number of aryl methyl sites for hydroxylation is 4. The molecule has 2 N–H and O–H groups in total. The third-order valence-electron chi connectivity index (χ3n) is 3.65. The lowest BCUT2D eigenvalue weighted by Gasteiger charge is -2.12. The zero-order valence-corrected chi connectivity index (χ0v) is 16.6. The molecule has 0 amide bonds. The van der Waals surface area contributed by atoms with Crippen molar-refractivity contribution in [3.63, 3.8) is 0 Å². The highest BCUT2D eigenvalue weighted by molar-refractivity contribution is 7.11. The van der Waals surface area contributed by atoms with Crippen molar-refractivity contribution in [1.82, 2.24) is 15.6 Å². The first kappa shape index (κ1) is 19.2. The molecular formula is C19H28N4OS. The summed E-state index contributed by atoms with van der Waals surface area (Å²) in [6.07, 6.45) is 0. The van der Waals surface area contributed by atoms with Gasteiger partial charge in [-0.15, -0.1) is 11.3 Å². The lowest BCUT2D eigenvalue weighted by atomic mass is 10.1. The van der Waals surface area contributed by atoms with Gasteiger partial charge in [-0.2, -0.15) is 0 Å². The third-order valence-corrected chi connectivity index (χ3v) is 4.71. The van der Waals surface area contributed by atoms with E-state index in [-0.39, 0.29) is 0 Å². The molecule has 6 heteroatoms. The molecule has 0 unspecified atom stereocenters. The predicted molar refractivity (Wildman–Crippen MR) is 106 cm³/mol. The largest absolute Gasteiger partial charge is 0.492 e. The summed E-state index contributed by atoms with van der Waals surface area (Å²) in [6.45, 7) is 13.0. The summed E-state index contributed by atoms with van der Waals surface area (Å²) in [6, 6.07) is 6.25. The molecule has 25 heavy (non-hydrogen) atoms. The molecule has 0 saturated carbocycles. The first-order valence-corrected chi connectivity index (χ1v) is 9.45. The van der Waals surface area contributed by atoms with Crippen molar-refractivity contribution < 1.29 is 4.74 Å². The van der Waals surface area contributed by atoms with Gasteiger partial charge in [-0.25, -0.2) is 9.98 Å². The van der Waals surface area contributed by atoms with Gasteiger partial charge in [0.25, 0.3) is 0 Å². The lowest BCUT2D eigenvalue weighted by molar-refractivity contribution is 0.321. The van der Waals surface area contributed by atoms with E-state index in [1.165, 1.54) is 16.0 Å². The molecule has 0 fully saturated rings. The first-order valence-electron chi connectivity index (χ1n) is 8.64. The summed E-state index contributed by atoms with van der Waals surface area (Å²) in [5.41, 5.74) is 3.52. The van der Waals surface area contributed by atoms with Crippen molar-refractivity contribution in [1.29, 1.82) is 0 Å². The van der Waals surface area contributed by atoms with Crippen molar-refractivity contribution in [3.8, 4) is 5.75 Å². The molecule has 1 aromatic carbocycles. The van der Waals surface area contributed by atoms with Crippen molar-refractivity contribution in [2.75, 3.05) is 19.7 Å². The molecule has 0 saturated heterocycles. The standard InChI is InChI=1S/C19H28N4OS/c1-6-20-19(22-12-18-23-15(4)16(5)25-18)21-7-8-24-17-10-13(2)9-14(3)11-17/h9-11H,6-8,12H2,1-5H3,(H2,20,21,22). The van der Waals surface area contributed by atoms with Gasteiger partial charge in [-0.3, -0.25) is 0 Å². The van der Waals surface area contributed by atoms with Crippen LogP contribution in [0.3, 0.4) is 0 Å². The van der Waals surface area contributed by atoms with Crippen LogP contribution in [-0.2, 0) is 6.54 Å². The Bertz CT molecular complexity index is 684. The second-order valence-corrected chi connectivity index (χ2v) is 7.33. The Balaban J connectivity index is 1.83. The molecule has 1 aromatic heterocycles. The van der Waals surface area contributed by atoms with E-state index in [1.54, 1.807) is 11.3 Å². The van der Waals surface area contributed by atoms with Crippen LogP contribution in [0.15, 0.2) is 23.2 Å². The number of rotatable bonds is 7. The van der Waals surface area contributed by atoms with Gasteiger partial charge in [-0.1, -0.05) is 6.07 Å². The number of aliphatic imine (C=N–C) groups is 1. The molecular weight excluding hydrogens is 332 g/mol. The van der Waals surface area contributed by atoms with Crippen LogP contribution in [-0.4, -0.2) is 30.6 Å². The topological polar surface area (TPSA) is 58.5 Å². The zero-order chi connectivity index (χ0) is 18.2. The van der Waals surface area contributed by atoms with Gasteiger partial charge in [-0.05, 0) is 57.9 Å². The highest BCUT2D eigenvalue weighted by atomic mass is 32.1. The average Bonchev–Trinajstić information content (AvgIpc) is 2.86. The number of benzene rings is 1. The maximum Gasteiger partial charge on any atom is 0.191 e. The number of nitrogens with one attached hydrogen (secondary N) is 2. The summed E-state index contributed by atoms with van der Waals surface area (Å²) in [4.78, 5) is 10.4. The van der Waals surface area contributed by atoms with E-state index in [1.807, 2.05) is 6.92 Å². The molecule has 136 valence electrons. The number of guanidine groups is 1. The van der Waals surface area contributed by atoms with Gasteiger partial charge in [0.1, 0.15) is 17.4 Å². The van der Waals surface area contributed by atoms with E-state index in [2.05, 4.69) is 66.5 Å². The Hall–Kier alpha value is -2.08. The van der Waals surface area contributed by atoms with Gasteiger partial charge >= 0.3 is 0 Å². The summed E-state index contributed by atoms with van der Waals surface area (Å²) in [5, 5.41) is 7.59. The summed E-state index contributed by atoms with van der Waals surface area (Å²) < 4.78 is 5.82. The fraction of sp³-hybridized carbons (Fsp3) is 0.474. The smallest absolute Gasteiger partial charge is 0.191 e. The average molecular weight is 361 g/mol. The Morgan fingerprint density at radius 1 is 1.12 bits per heavy atom. The Labute approximate surface area is 154 Å². The van der Waals surface area contributed by atoms with Crippen LogP contribution in [0.25, 0.3) is 0 Å². The van der Waals surface area contributed by atoms with E-state index in [9.17, 15) is 0 Å². The minimum Gasteiger partial charge on any atom is -0.492 e. The molecule has 0 aliphatic heterocycles. The summed E-state index contributed by atoms with van der Waals surface area (Å²) in [7, 11) is 0. The first-order chi connectivity index (χ1) is 12.0. The van der Waals surface area contributed by atoms with E-state index >= 15 is 0 Å². The van der Waals surface area contributed by atoms with Crippen LogP contribution in [0.4, 0.5) is 0 Å². The van der Waals surface area contributed by atoms with Crippen molar-refractivity contribution >= 4 is 17.3 Å². The highest BCUT2D eigenvalue weighted by Crippen LogP contribution is 2.17. The molecule has 0 spiro atoms. The van der Waals surface area contributed by atoms with Gasteiger partial charge in [0, 0.05) is 11.4 Å².